The van der Waals surface area contributed by atoms with Crippen molar-refractivity contribution >= 4 is 17.7 Å². The molecule has 1 aliphatic heterocycles. The molecule has 0 aromatic heterocycles. The maximum absolute atomic E-state index is 13.4. The zero-order valence-corrected chi connectivity index (χ0v) is 21.0. The normalized spacial score (nSPS) is 21.8. The minimum absolute atomic E-state index is 0.0158. The van der Waals surface area contributed by atoms with Crippen molar-refractivity contribution in [3.05, 3.63) is 0 Å². The van der Waals surface area contributed by atoms with Crippen LogP contribution in [-0.2, 0) is 14.4 Å². The summed E-state index contributed by atoms with van der Waals surface area (Å²) >= 11 is 0. The first kappa shape index (κ1) is 26.7. The molecule has 6 heteroatoms. The van der Waals surface area contributed by atoms with Crippen LogP contribution in [0.1, 0.15) is 105 Å². The third-order valence-electron chi connectivity index (χ3n) is 7.51. The zero-order chi connectivity index (χ0) is 23.5. The van der Waals surface area contributed by atoms with Crippen LogP contribution in [0.25, 0.3) is 0 Å². The molecule has 1 saturated heterocycles. The number of hydrogen-bond donors (Lipinski definition) is 1. The third kappa shape index (κ3) is 7.77. The number of nitrogens with one attached hydrogen (secondary N) is 1. The first-order valence-corrected chi connectivity index (χ1v) is 13.3. The maximum atomic E-state index is 13.4. The van der Waals surface area contributed by atoms with E-state index in [-0.39, 0.29) is 35.6 Å². The van der Waals surface area contributed by atoms with E-state index in [1.807, 2.05) is 23.6 Å². The third-order valence-corrected chi connectivity index (χ3v) is 7.51. The van der Waals surface area contributed by atoms with Crippen molar-refractivity contribution in [2.75, 3.05) is 19.6 Å². The fourth-order valence-corrected chi connectivity index (χ4v) is 5.07. The summed E-state index contributed by atoms with van der Waals surface area (Å²) in [4.78, 5) is 42.8. The summed E-state index contributed by atoms with van der Waals surface area (Å²) in [6, 6.07) is -0.454. The highest BCUT2D eigenvalue weighted by Gasteiger charge is 2.36. The Morgan fingerprint density at radius 2 is 1.66 bits per heavy atom. The summed E-state index contributed by atoms with van der Waals surface area (Å²) in [5, 5.41) is 3.12. The summed E-state index contributed by atoms with van der Waals surface area (Å²) < 4.78 is 0. The van der Waals surface area contributed by atoms with Gasteiger partial charge in [0.25, 0.3) is 0 Å². The van der Waals surface area contributed by atoms with Crippen LogP contribution in [0.5, 0.6) is 0 Å². The van der Waals surface area contributed by atoms with Gasteiger partial charge in [-0.1, -0.05) is 72.1 Å². The number of rotatable bonds is 11. The number of carbonyl (C=O) groups is 3. The van der Waals surface area contributed by atoms with Crippen LogP contribution in [0.15, 0.2) is 0 Å². The van der Waals surface area contributed by atoms with Crippen molar-refractivity contribution in [3.63, 3.8) is 0 Å². The molecule has 2 rings (SSSR count). The molecule has 0 aromatic rings. The van der Waals surface area contributed by atoms with Crippen molar-refractivity contribution in [1.82, 2.24) is 15.1 Å². The van der Waals surface area contributed by atoms with Crippen molar-refractivity contribution in [2.45, 2.75) is 117 Å². The summed E-state index contributed by atoms with van der Waals surface area (Å²) in [5.41, 5.74) is 0. The van der Waals surface area contributed by atoms with Gasteiger partial charge in [0.05, 0.1) is 0 Å². The first-order chi connectivity index (χ1) is 15.4. The van der Waals surface area contributed by atoms with Crippen LogP contribution in [0, 0.1) is 11.8 Å². The topological polar surface area (TPSA) is 69.7 Å². The monoisotopic (exact) mass is 449 g/mol. The van der Waals surface area contributed by atoms with Gasteiger partial charge < -0.3 is 15.1 Å². The highest BCUT2D eigenvalue weighted by atomic mass is 16.2. The Hall–Kier alpha value is -1.59. The van der Waals surface area contributed by atoms with E-state index in [4.69, 9.17) is 0 Å². The Bertz CT molecular complexity index is 603. The van der Waals surface area contributed by atoms with E-state index in [1.165, 1.54) is 25.7 Å². The van der Waals surface area contributed by atoms with Gasteiger partial charge in [-0.05, 0) is 32.1 Å². The predicted octanol–water partition coefficient (Wildman–Crippen LogP) is 4.52. The van der Waals surface area contributed by atoms with Crippen LogP contribution in [0.3, 0.4) is 0 Å². The molecule has 3 atom stereocenters. The van der Waals surface area contributed by atoms with Gasteiger partial charge in [0.2, 0.25) is 17.7 Å². The quantitative estimate of drug-likeness (QED) is 0.472. The molecular formula is C26H47N3O3. The van der Waals surface area contributed by atoms with Gasteiger partial charge in [-0.3, -0.25) is 14.4 Å². The molecule has 2 aliphatic rings. The lowest BCUT2D eigenvalue weighted by atomic mass is 9.87. The zero-order valence-electron chi connectivity index (χ0n) is 21.0. The van der Waals surface area contributed by atoms with Crippen LogP contribution >= 0.6 is 0 Å². The molecule has 0 bridgehead atoms. The second kappa shape index (κ2) is 13.8. The molecule has 3 amide bonds. The van der Waals surface area contributed by atoms with Crippen LogP contribution in [0.2, 0.25) is 0 Å². The molecule has 0 radical (unpaired) electrons. The lowest BCUT2D eigenvalue weighted by Gasteiger charge is -2.42. The van der Waals surface area contributed by atoms with Crippen molar-refractivity contribution in [3.8, 4) is 0 Å². The molecule has 1 heterocycles. The Morgan fingerprint density at radius 1 is 0.969 bits per heavy atom. The fraction of sp³-hybridized carbons (Fsp3) is 0.885. The Kier molecular flexibility index (Phi) is 11.5. The van der Waals surface area contributed by atoms with Gasteiger partial charge in [-0.15, -0.1) is 0 Å². The Morgan fingerprint density at radius 3 is 2.28 bits per heavy atom. The van der Waals surface area contributed by atoms with E-state index >= 15 is 0 Å². The molecule has 0 spiro atoms. The van der Waals surface area contributed by atoms with E-state index in [0.717, 1.165) is 44.9 Å². The number of piperazine rings is 1. The molecule has 32 heavy (non-hydrogen) atoms. The van der Waals surface area contributed by atoms with Gasteiger partial charge in [0.15, 0.2) is 0 Å². The number of nitrogens with zero attached hydrogens (tertiary/aromatic N) is 2. The average Bonchev–Trinajstić information content (AvgIpc) is 2.81. The summed E-state index contributed by atoms with van der Waals surface area (Å²) in [6.45, 7) is 10.0. The van der Waals surface area contributed by atoms with Gasteiger partial charge in [0.1, 0.15) is 6.04 Å². The predicted molar refractivity (Wildman–Crippen MR) is 129 cm³/mol. The van der Waals surface area contributed by atoms with E-state index in [2.05, 4.69) is 19.2 Å². The lowest BCUT2D eigenvalue weighted by molar-refractivity contribution is -0.145. The van der Waals surface area contributed by atoms with Crippen molar-refractivity contribution in [2.24, 2.45) is 11.8 Å². The number of unbranched alkanes of at least 4 members (excludes halogenated alkanes) is 4. The lowest BCUT2D eigenvalue weighted by Crippen LogP contribution is -2.60. The molecule has 184 valence electrons. The number of hydrogen-bond acceptors (Lipinski definition) is 3. The second-order valence-corrected chi connectivity index (χ2v) is 10.1. The highest BCUT2D eigenvalue weighted by Crippen LogP contribution is 2.25. The molecule has 3 unspecified atom stereocenters. The smallest absolute Gasteiger partial charge is 0.245 e. The summed E-state index contributed by atoms with van der Waals surface area (Å²) in [5.74, 6) is 0.419. The molecule has 2 fully saturated rings. The average molecular weight is 450 g/mol. The number of carbonyl (C=O) groups excluding carboxylic acids is 3. The molecule has 1 N–H and O–H groups in total. The summed E-state index contributed by atoms with van der Waals surface area (Å²) in [6.07, 6.45) is 12.4. The maximum Gasteiger partial charge on any atom is 0.245 e. The number of amides is 3. The van der Waals surface area contributed by atoms with Gasteiger partial charge in [-0.25, -0.2) is 0 Å². The van der Waals surface area contributed by atoms with E-state index in [1.54, 1.807) is 0 Å². The minimum Gasteiger partial charge on any atom is -0.344 e. The van der Waals surface area contributed by atoms with E-state index < -0.39 is 6.04 Å². The van der Waals surface area contributed by atoms with Gasteiger partial charge >= 0.3 is 0 Å². The molecule has 6 nitrogen and oxygen atoms in total. The van der Waals surface area contributed by atoms with Crippen molar-refractivity contribution in [1.29, 1.82) is 0 Å². The highest BCUT2D eigenvalue weighted by molar-refractivity contribution is 5.89. The SMILES string of the molecule is CCCCCCCC(=O)N1CCN(C(=O)C(NC(=O)C2CCCCC2)C(C)CC)CC1C. The van der Waals surface area contributed by atoms with E-state index in [9.17, 15) is 14.4 Å². The molecule has 1 aliphatic carbocycles. The van der Waals surface area contributed by atoms with Gasteiger partial charge in [-0.2, -0.15) is 0 Å². The van der Waals surface area contributed by atoms with Crippen LogP contribution in [0.4, 0.5) is 0 Å². The standard InChI is InChI=1S/C26H47N3O3/c1-5-7-8-9-13-16-23(30)29-18-17-28(19-21(29)4)26(32)24(20(3)6-2)27-25(31)22-14-11-10-12-15-22/h20-22,24H,5-19H2,1-4H3,(H,27,31). The Labute approximate surface area is 195 Å². The first-order valence-electron chi connectivity index (χ1n) is 13.3. The Balaban J connectivity index is 1.89. The van der Waals surface area contributed by atoms with E-state index in [0.29, 0.717) is 26.1 Å². The molecule has 1 saturated carbocycles. The van der Waals surface area contributed by atoms with Crippen LogP contribution in [-0.4, -0.2) is 59.2 Å². The van der Waals surface area contributed by atoms with Gasteiger partial charge in [0, 0.05) is 38.0 Å². The molecule has 0 aromatic carbocycles. The minimum atomic E-state index is -0.470. The summed E-state index contributed by atoms with van der Waals surface area (Å²) in [7, 11) is 0. The van der Waals surface area contributed by atoms with Crippen LogP contribution < -0.4 is 5.32 Å². The van der Waals surface area contributed by atoms with Crippen molar-refractivity contribution < 1.29 is 14.4 Å². The second-order valence-electron chi connectivity index (χ2n) is 10.1. The largest absolute Gasteiger partial charge is 0.344 e. The fourth-order valence-electron chi connectivity index (χ4n) is 5.07. The molecular weight excluding hydrogens is 402 g/mol.